The van der Waals surface area contributed by atoms with Crippen LogP contribution in [0.5, 0.6) is 0 Å². The van der Waals surface area contributed by atoms with Gasteiger partial charge in [-0.2, -0.15) is 0 Å². The number of carbonyl (C=O) groups excluding carboxylic acids is 3. The molecule has 0 saturated heterocycles. The van der Waals surface area contributed by atoms with Crippen LogP contribution in [0.15, 0.2) is 30.3 Å². The van der Waals surface area contributed by atoms with Crippen molar-refractivity contribution in [3.63, 3.8) is 0 Å². The van der Waals surface area contributed by atoms with Crippen LogP contribution in [0.25, 0.3) is 0 Å². The van der Waals surface area contributed by atoms with Crippen LogP contribution in [-0.2, 0) is 11.3 Å². The van der Waals surface area contributed by atoms with Gasteiger partial charge in [-0.1, -0.05) is 12.1 Å². The van der Waals surface area contributed by atoms with E-state index >= 15 is 0 Å². The van der Waals surface area contributed by atoms with Crippen LogP contribution >= 0.6 is 11.3 Å². The summed E-state index contributed by atoms with van der Waals surface area (Å²) in [6.07, 6.45) is 1.89. The lowest BCUT2D eigenvalue weighted by molar-refractivity contribution is -0.117. The average Bonchev–Trinajstić information content (AvgIpc) is 3.44. The summed E-state index contributed by atoms with van der Waals surface area (Å²) >= 11 is 1.28. The molecule has 7 heteroatoms. The topological polar surface area (TPSA) is 87.3 Å². The quantitative estimate of drug-likeness (QED) is 0.684. The summed E-state index contributed by atoms with van der Waals surface area (Å²) in [5, 5.41) is 9.22. The molecule has 0 atom stereocenters. The van der Waals surface area contributed by atoms with Gasteiger partial charge >= 0.3 is 0 Å². The van der Waals surface area contributed by atoms with Crippen molar-refractivity contribution in [1.82, 2.24) is 10.6 Å². The van der Waals surface area contributed by atoms with E-state index in [1.807, 2.05) is 26.0 Å². The number of thiophene rings is 1. The highest BCUT2D eigenvalue weighted by molar-refractivity contribution is 7.18. The Morgan fingerprint density at radius 3 is 2.59 bits per heavy atom. The van der Waals surface area contributed by atoms with E-state index in [1.165, 1.54) is 11.3 Å². The van der Waals surface area contributed by atoms with Crippen molar-refractivity contribution in [1.29, 1.82) is 0 Å². The molecule has 3 amide bonds. The van der Waals surface area contributed by atoms with Gasteiger partial charge in [0.2, 0.25) is 5.91 Å². The molecule has 27 heavy (non-hydrogen) atoms. The van der Waals surface area contributed by atoms with E-state index in [4.69, 9.17) is 0 Å². The molecule has 0 spiro atoms. The van der Waals surface area contributed by atoms with Crippen molar-refractivity contribution in [3.05, 3.63) is 51.9 Å². The zero-order chi connectivity index (χ0) is 19.4. The van der Waals surface area contributed by atoms with Crippen molar-refractivity contribution in [3.8, 4) is 0 Å². The number of nitrogens with one attached hydrogen (secondary N) is 3. The Labute approximate surface area is 162 Å². The van der Waals surface area contributed by atoms with Gasteiger partial charge in [0, 0.05) is 24.6 Å². The molecule has 1 heterocycles. The fourth-order valence-corrected chi connectivity index (χ4v) is 3.68. The Kier molecular flexibility index (Phi) is 5.91. The first-order chi connectivity index (χ1) is 13.0. The van der Waals surface area contributed by atoms with Gasteiger partial charge in [0.15, 0.2) is 0 Å². The zero-order valence-electron chi connectivity index (χ0n) is 15.4. The first-order valence-corrected chi connectivity index (χ1v) is 9.86. The lowest BCUT2D eigenvalue weighted by Gasteiger charge is -2.07. The lowest BCUT2D eigenvalue weighted by atomic mass is 10.1. The smallest absolute Gasteiger partial charge is 0.261 e. The van der Waals surface area contributed by atoms with Crippen molar-refractivity contribution in [2.24, 2.45) is 5.92 Å². The number of aryl methyl sites for hydroxylation is 1. The number of rotatable bonds is 7. The highest BCUT2D eigenvalue weighted by Gasteiger charge is 2.30. The highest BCUT2D eigenvalue weighted by atomic mass is 32.1. The molecular formula is C20H23N3O3S. The van der Waals surface area contributed by atoms with Crippen molar-refractivity contribution in [2.45, 2.75) is 33.2 Å². The van der Waals surface area contributed by atoms with Crippen LogP contribution in [0.4, 0.5) is 5.00 Å². The van der Waals surface area contributed by atoms with E-state index in [9.17, 15) is 14.4 Å². The molecule has 3 N–H and O–H groups in total. The largest absolute Gasteiger partial charge is 0.352 e. The molecule has 0 unspecified atom stereocenters. The number of hydrogen-bond donors (Lipinski definition) is 3. The van der Waals surface area contributed by atoms with Gasteiger partial charge in [-0.25, -0.2) is 0 Å². The van der Waals surface area contributed by atoms with Crippen LogP contribution in [-0.4, -0.2) is 24.3 Å². The number of carbonyl (C=O) groups is 3. The summed E-state index contributed by atoms with van der Waals surface area (Å²) in [5.74, 6) is -0.157. The third-order valence-corrected chi connectivity index (χ3v) is 5.45. The van der Waals surface area contributed by atoms with Crippen LogP contribution in [0.1, 0.15) is 50.9 Å². The van der Waals surface area contributed by atoms with Crippen molar-refractivity contribution < 1.29 is 14.4 Å². The zero-order valence-corrected chi connectivity index (χ0v) is 16.2. The molecule has 0 aliphatic heterocycles. The highest BCUT2D eigenvalue weighted by Crippen LogP contribution is 2.32. The van der Waals surface area contributed by atoms with Gasteiger partial charge in [-0.05, 0) is 56.0 Å². The number of amides is 3. The van der Waals surface area contributed by atoms with Gasteiger partial charge in [-0.15, -0.1) is 11.3 Å². The SMILES string of the molecule is CCNC(=O)c1cccc(CNC(=O)c2sc(NC(=O)C3CC3)cc2C)c1. The van der Waals surface area contributed by atoms with Crippen LogP contribution < -0.4 is 16.0 Å². The molecular weight excluding hydrogens is 362 g/mol. The molecule has 1 aliphatic carbocycles. The van der Waals surface area contributed by atoms with Gasteiger partial charge in [0.1, 0.15) is 0 Å². The van der Waals surface area contributed by atoms with E-state index in [0.29, 0.717) is 28.5 Å². The van der Waals surface area contributed by atoms with Gasteiger partial charge in [0.25, 0.3) is 11.8 Å². The van der Waals surface area contributed by atoms with E-state index in [-0.39, 0.29) is 23.6 Å². The van der Waals surface area contributed by atoms with Crippen molar-refractivity contribution >= 4 is 34.1 Å². The average molecular weight is 385 g/mol. The summed E-state index contributed by atoms with van der Waals surface area (Å²) in [7, 11) is 0. The Morgan fingerprint density at radius 2 is 1.89 bits per heavy atom. The maximum absolute atomic E-state index is 12.5. The Morgan fingerprint density at radius 1 is 1.11 bits per heavy atom. The molecule has 1 aromatic heterocycles. The molecule has 1 saturated carbocycles. The minimum absolute atomic E-state index is 0.0328. The second kappa shape index (κ2) is 8.35. The fourth-order valence-electron chi connectivity index (χ4n) is 2.69. The molecule has 0 radical (unpaired) electrons. The van der Waals surface area contributed by atoms with Crippen LogP contribution in [0.3, 0.4) is 0 Å². The number of benzene rings is 1. The minimum Gasteiger partial charge on any atom is -0.352 e. The summed E-state index contributed by atoms with van der Waals surface area (Å²) in [5.41, 5.74) is 2.25. The Hall–Kier alpha value is -2.67. The molecule has 142 valence electrons. The second-order valence-corrected chi connectivity index (χ2v) is 7.68. The van der Waals surface area contributed by atoms with E-state index in [1.54, 1.807) is 18.2 Å². The van der Waals surface area contributed by atoms with Gasteiger partial charge in [-0.3, -0.25) is 14.4 Å². The summed E-state index contributed by atoms with van der Waals surface area (Å²) in [6.45, 7) is 4.62. The van der Waals surface area contributed by atoms with Crippen LogP contribution in [0, 0.1) is 12.8 Å². The predicted octanol–water partition coefficient (Wildman–Crippen LogP) is 3.08. The van der Waals surface area contributed by atoms with Crippen molar-refractivity contribution in [2.75, 3.05) is 11.9 Å². The molecule has 1 aromatic carbocycles. The predicted molar refractivity (Wildman–Crippen MR) is 106 cm³/mol. The van der Waals surface area contributed by atoms with Crippen LogP contribution in [0.2, 0.25) is 0 Å². The molecule has 3 rings (SSSR count). The molecule has 1 fully saturated rings. The van der Waals surface area contributed by atoms with Gasteiger partial charge in [0.05, 0.1) is 9.88 Å². The fraction of sp³-hybridized carbons (Fsp3) is 0.350. The third-order valence-electron chi connectivity index (χ3n) is 4.30. The van der Waals surface area contributed by atoms with E-state index in [2.05, 4.69) is 16.0 Å². The Bertz CT molecular complexity index is 871. The molecule has 0 bridgehead atoms. The first-order valence-electron chi connectivity index (χ1n) is 9.04. The number of anilines is 1. The first kappa shape index (κ1) is 19.1. The lowest BCUT2D eigenvalue weighted by Crippen LogP contribution is -2.24. The summed E-state index contributed by atoms with van der Waals surface area (Å²) < 4.78 is 0. The molecule has 2 aromatic rings. The standard InChI is InChI=1S/C20H23N3O3S/c1-3-21-18(24)15-6-4-5-13(10-15)11-22-20(26)17-12(2)9-16(27-17)23-19(25)14-7-8-14/h4-6,9-10,14H,3,7-8,11H2,1-2H3,(H,21,24)(H,22,26)(H,23,25). The van der Waals surface area contributed by atoms with Gasteiger partial charge < -0.3 is 16.0 Å². The normalized spacial score (nSPS) is 13.1. The third kappa shape index (κ3) is 4.95. The second-order valence-electron chi connectivity index (χ2n) is 6.63. The maximum Gasteiger partial charge on any atom is 0.261 e. The van der Waals surface area contributed by atoms with E-state index < -0.39 is 0 Å². The summed E-state index contributed by atoms with van der Waals surface area (Å²) in [4.78, 5) is 36.9. The monoisotopic (exact) mass is 385 g/mol. The number of hydrogen-bond acceptors (Lipinski definition) is 4. The Balaban J connectivity index is 1.60. The van der Waals surface area contributed by atoms with E-state index in [0.717, 1.165) is 24.0 Å². The minimum atomic E-state index is -0.187. The molecule has 6 nitrogen and oxygen atoms in total. The summed E-state index contributed by atoms with van der Waals surface area (Å²) in [6, 6.07) is 9.01. The maximum atomic E-state index is 12.5. The molecule has 1 aliphatic rings.